The summed E-state index contributed by atoms with van der Waals surface area (Å²) in [6, 6.07) is 0.977. The van der Waals surface area contributed by atoms with Crippen molar-refractivity contribution >= 4 is 5.91 Å². The molecule has 1 heterocycles. The number of amides is 1. The summed E-state index contributed by atoms with van der Waals surface area (Å²) in [6.45, 7) is 2.66. The smallest absolute Gasteiger partial charge is 0.234 e. The van der Waals surface area contributed by atoms with E-state index in [0.29, 0.717) is 18.6 Å². The van der Waals surface area contributed by atoms with Crippen LogP contribution in [0, 0.1) is 0 Å². The molecule has 1 aliphatic heterocycles. The summed E-state index contributed by atoms with van der Waals surface area (Å²) in [4.78, 5) is 14.5. The Hall–Kier alpha value is -0.610. The minimum Gasteiger partial charge on any atom is -0.352 e. The van der Waals surface area contributed by atoms with Gasteiger partial charge in [-0.3, -0.25) is 9.69 Å². The van der Waals surface area contributed by atoms with E-state index < -0.39 is 0 Å². The molecular weight excluding hydrogens is 238 g/mol. The van der Waals surface area contributed by atoms with Gasteiger partial charge in [0.05, 0.1) is 6.54 Å². The minimum absolute atomic E-state index is 0.231. The molecule has 19 heavy (non-hydrogen) atoms. The molecule has 4 nitrogen and oxygen atoms in total. The summed E-state index contributed by atoms with van der Waals surface area (Å²) in [5, 5.41) is 6.48. The Morgan fingerprint density at radius 2 is 1.84 bits per heavy atom. The van der Waals surface area contributed by atoms with E-state index in [0.717, 1.165) is 13.1 Å². The monoisotopic (exact) mass is 267 g/mol. The lowest BCUT2D eigenvalue weighted by Crippen LogP contribution is -2.45. The number of hydrogen-bond donors (Lipinski definition) is 2. The Kier molecular flexibility index (Phi) is 6.11. The zero-order valence-electron chi connectivity index (χ0n) is 12.3. The van der Waals surface area contributed by atoms with E-state index in [1.165, 1.54) is 51.4 Å². The van der Waals surface area contributed by atoms with E-state index in [9.17, 15) is 4.79 Å². The molecule has 1 amide bonds. The van der Waals surface area contributed by atoms with E-state index in [1.54, 1.807) is 0 Å². The highest BCUT2D eigenvalue weighted by atomic mass is 16.2. The fourth-order valence-electron chi connectivity index (χ4n) is 3.45. The molecule has 110 valence electrons. The first-order valence-electron chi connectivity index (χ1n) is 7.97. The second kappa shape index (κ2) is 7.85. The second-order valence-corrected chi connectivity index (χ2v) is 6.08. The van der Waals surface area contributed by atoms with Gasteiger partial charge in [0.1, 0.15) is 0 Å². The molecule has 1 aliphatic carbocycles. The van der Waals surface area contributed by atoms with Gasteiger partial charge >= 0.3 is 0 Å². The summed E-state index contributed by atoms with van der Waals surface area (Å²) >= 11 is 0. The van der Waals surface area contributed by atoms with Crippen molar-refractivity contribution in [3.05, 3.63) is 0 Å². The van der Waals surface area contributed by atoms with Crippen molar-refractivity contribution in [3.8, 4) is 0 Å². The molecule has 2 fully saturated rings. The van der Waals surface area contributed by atoms with Crippen LogP contribution in [0.3, 0.4) is 0 Å². The average Bonchev–Trinajstić information content (AvgIpc) is 2.65. The van der Waals surface area contributed by atoms with Crippen LogP contribution >= 0.6 is 0 Å². The van der Waals surface area contributed by atoms with Crippen LogP contribution in [0.4, 0.5) is 0 Å². The minimum atomic E-state index is 0.231. The predicted molar refractivity (Wildman–Crippen MR) is 78.2 cm³/mol. The molecule has 1 saturated carbocycles. The molecule has 2 N–H and O–H groups in total. The average molecular weight is 267 g/mol. The number of nitrogens with one attached hydrogen (secondary N) is 2. The summed E-state index contributed by atoms with van der Waals surface area (Å²) in [6.07, 6.45) is 10.0. The highest BCUT2D eigenvalue weighted by Crippen LogP contribution is 2.18. The van der Waals surface area contributed by atoms with Gasteiger partial charge in [-0.1, -0.05) is 25.7 Å². The lowest BCUT2D eigenvalue weighted by Gasteiger charge is -2.25. The van der Waals surface area contributed by atoms with Gasteiger partial charge in [-0.05, 0) is 39.3 Å². The van der Waals surface area contributed by atoms with Crippen LogP contribution in [0.5, 0.6) is 0 Å². The fraction of sp³-hybridized carbons (Fsp3) is 0.933. The van der Waals surface area contributed by atoms with Gasteiger partial charge in [-0.25, -0.2) is 0 Å². The Morgan fingerprint density at radius 3 is 2.53 bits per heavy atom. The maximum atomic E-state index is 12.2. The molecule has 0 aromatic carbocycles. The van der Waals surface area contributed by atoms with Gasteiger partial charge in [-0.2, -0.15) is 0 Å². The van der Waals surface area contributed by atoms with Crippen molar-refractivity contribution < 1.29 is 4.79 Å². The number of hydrogen-bond acceptors (Lipinski definition) is 3. The summed E-state index contributed by atoms with van der Waals surface area (Å²) in [7, 11) is 1.99. The summed E-state index contributed by atoms with van der Waals surface area (Å²) in [5.41, 5.74) is 0. The Morgan fingerprint density at radius 1 is 1.11 bits per heavy atom. The molecule has 0 aromatic rings. The predicted octanol–water partition coefficient (Wildman–Crippen LogP) is 1.51. The van der Waals surface area contributed by atoms with Crippen molar-refractivity contribution in [2.75, 3.05) is 26.7 Å². The number of likely N-dealkylation sites (N-methyl/N-ethyl adjacent to an activating group) is 1. The fourth-order valence-corrected chi connectivity index (χ4v) is 3.45. The molecular formula is C15H29N3O. The summed E-state index contributed by atoms with van der Waals surface area (Å²) in [5.74, 6) is 0.231. The van der Waals surface area contributed by atoms with Crippen molar-refractivity contribution in [1.82, 2.24) is 15.5 Å². The van der Waals surface area contributed by atoms with Crippen LogP contribution in [-0.2, 0) is 4.79 Å². The lowest BCUT2D eigenvalue weighted by atomic mass is 10.1. The number of nitrogens with zero attached hydrogens (tertiary/aromatic N) is 1. The molecule has 0 radical (unpaired) electrons. The topological polar surface area (TPSA) is 44.4 Å². The standard InChI is InChI=1S/C15H29N3O/c1-16-11-14-9-6-10-18(14)12-15(19)17-13-7-4-2-3-5-8-13/h13-14,16H,2-12H2,1H3,(H,17,19). The van der Waals surface area contributed by atoms with Gasteiger partial charge < -0.3 is 10.6 Å². The van der Waals surface area contributed by atoms with Gasteiger partial charge in [0.25, 0.3) is 0 Å². The summed E-state index contributed by atoms with van der Waals surface area (Å²) < 4.78 is 0. The molecule has 0 bridgehead atoms. The Balaban J connectivity index is 1.73. The quantitative estimate of drug-likeness (QED) is 0.742. The normalized spacial score (nSPS) is 26.3. The second-order valence-electron chi connectivity index (χ2n) is 6.08. The van der Waals surface area contributed by atoms with Crippen LogP contribution in [0.2, 0.25) is 0 Å². The molecule has 0 spiro atoms. The third-order valence-electron chi connectivity index (χ3n) is 4.51. The van der Waals surface area contributed by atoms with Gasteiger partial charge in [0.15, 0.2) is 0 Å². The maximum absolute atomic E-state index is 12.2. The van der Waals surface area contributed by atoms with Crippen LogP contribution < -0.4 is 10.6 Å². The number of carbonyl (C=O) groups is 1. The zero-order chi connectivity index (χ0) is 13.5. The third-order valence-corrected chi connectivity index (χ3v) is 4.51. The van der Waals surface area contributed by atoms with Crippen molar-refractivity contribution in [1.29, 1.82) is 0 Å². The van der Waals surface area contributed by atoms with Crippen molar-refractivity contribution in [3.63, 3.8) is 0 Å². The molecule has 1 unspecified atom stereocenters. The maximum Gasteiger partial charge on any atom is 0.234 e. The first-order valence-corrected chi connectivity index (χ1v) is 7.97. The van der Waals surface area contributed by atoms with E-state index in [1.807, 2.05) is 7.05 Å². The van der Waals surface area contributed by atoms with Crippen LogP contribution in [-0.4, -0.2) is 49.6 Å². The van der Waals surface area contributed by atoms with Gasteiger partial charge in [0, 0.05) is 18.6 Å². The molecule has 0 aromatic heterocycles. The Labute approximate surface area is 117 Å². The van der Waals surface area contributed by atoms with Crippen LogP contribution in [0.15, 0.2) is 0 Å². The zero-order valence-corrected chi connectivity index (χ0v) is 12.3. The molecule has 4 heteroatoms. The number of carbonyl (C=O) groups excluding carboxylic acids is 1. The van der Waals surface area contributed by atoms with Crippen molar-refractivity contribution in [2.45, 2.75) is 63.5 Å². The van der Waals surface area contributed by atoms with E-state index in [2.05, 4.69) is 15.5 Å². The first-order chi connectivity index (χ1) is 9.29. The molecule has 2 rings (SSSR count). The molecule has 1 atom stereocenters. The van der Waals surface area contributed by atoms with E-state index in [-0.39, 0.29) is 5.91 Å². The van der Waals surface area contributed by atoms with Gasteiger partial charge in [0.2, 0.25) is 5.91 Å². The molecule has 1 saturated heterocycles. The Bertz CT molecular complexity index is 275. The highest BCUT2D eigenvalue weighted by molar-refractivity contribution is 5.78. The van der Waals surface area contributed by atoms with Crippen LogP contribution in [0.1, 0.15) is 51.4 Å². The van der Waals surface area contributed by atoms with Crippen molar-refractivity contribution in [2.24, 2.45) is 0 Å². The third kappa shape index (κ3) is 4.77. The number of likely N-dealkylation sites (tertiary alicyclic amines) is 1. The highest BCUT2D eigenvalue weighted by Gasteiger charge is 2.26. The first kappa shape index (κ1) is 14.8. The molecule has 2 aliphatic rings. The SMILES string of the molecule is CNCC1CCCN1CC(=O)NC1CCCCCC1. The lowest BCUT2D eigenvalue weighted by molar-refractivity contribution is -0.123. The van der Waals surface area contributed by atoms with Crippen LogP contribution in [0.25, 0.3) is 0 Å². The largest absolute Gasteiger partial charge is 0.352 e. The van der Waals surface area contributed by atoms with Gasteiger partial charge in [-0.15, -0.1) is 0 Å². The van der Waals surface area contributed by atoms with E-state index in [4.69, 9.17) is 0 Å². The number of rotatable bonds is 5. The van der Waals surface area contributed by atoms with E-state index >= 15 is 0 Å².